The van der Waals surface area contributed by atoms with Gasteiger partial charge >= 0.3 is 0 Å². The molecule has 7 aromatic heterocycles. The molecule has 0 saturated heterocycles. The maximum absolute atomic E-state index is 6.22. The van der Waals surface area contributed by atoms with Gasteiger partial charge in [-0.25, -0.2) is 9.97 Å². The monoisotopic (exact) mass is 1380 g/mol. The third kappa shape index (κ3) is 9.43. The molecule has 0 amide bonds. The number of aromatic nitrogens is 5. The van der Waals surface area contributed by atoms with Crippen molar-refractivity contribution in [3.8, 4) is 95.5 Å². The maximum Gasteiger partial charge on any atom is 0.160 e. The van der Waals surface area contributed by atoms with Crippen LogP contribution in [-0.4, -0.2) is 23.7 Å². The van der Waals surface area contributed by atoms with Gasteiger partial charge in [0.1, 0.15) is 33.5 Å². The summed E-state index contributed by atoms with van der Waals surface area (Å²) in [5, 5.41) is 13.9. The number of hydrogen-bond acceptors (Lipinski definition) is 5. The molecule has 0 aliphatic heterocycles. The number of para-hydroxylation sites is 6. The molecule has 0 bridgehead atoms. The van der Waals surface area contributed by atoms with Gasteiger partial charge in [0.2, 0.25) is 0 Å². The van der Waals surface area contributed by atoms with Crippen LogP contribution in [0, 0.1) is 0 Å². The average Bonchev–Trinajstić information content (AvgIpc) is 1.59. The van der Waals surface area contributed by atoms with Crippen molar-refractivity contribution in [3.05, 3.63) is 358 Å². The Labute approximate surface area is 617 Å². The molecular weight excluding hydrogens is 1320 g/mol. The van der Waals surface area contributed by atoms with E-state index in [-0.39, 0.29) is 0 Å². The largest absolute Gasteiger partial charge is 0.456 e. The van der Waals surface area contributed by atoms with E-state index in [0.717, 1.165) is 189 Å². The van der Waals surface area contributed by atoms with Gasteiger partial charge in [-0.1, -0.05) is 206 Å². The molecule has 0 saturated carbocycles. The SMILES string of the molecule is c1ccc2c(c1)oc1ccc(-c3ccc4c(c3)c3ccccc3n4-c3ccc(-c4ccc(-c5nc(-c6ccc(-n7c8ccccc8c8cc(-c9ccc%10oc%11ccccc%11c%10c9)ccc87)cc6)cc(-c6ccc(-n7c8ccccc8c8cc(-c9ccc%10oc%11ccccc%11c%10c9)ccc87)cc6)n5)cc4)cc3)cc12. The fourth-order valence-corrected chi connectivity index (χ4v) is 17.1. The summed E-state index contributed by atoms with van der Waals surface area (Å²) in [7, 11) is 0. The second kappa shape index (κ2) is 23.5. The molecule has 0 aliphatic carbocycles. The van der Waals surface area contributed by atoms with Crippen molar-refractivity contribution in [3.63, 3.8) is 0 Å². The van der Waals surface area contributed by atoms with E-state index in [1.165, 1.54) is 32.3 Å². The number of furan rings is 3. The first-order chi connectivity index (χ1) is 53.5. The Bertz CT molecular complexity index is 7360. The minimum atomic E-state index is 0.638. The smallest absolute Gasteiger partial charge is 0.160 e. The topological polar surface area (TPSA) is 80.0 Å². The first-order valence-electron chi connectivity index (χ1n) is 36.6. The second-order valence-electron chi connectivity index (χ2n) is 28.4. The Hall–Kier alpha value is -14.6. The molecule has 0 radical (unpaired) electrons. The highest BCUT2D eigenvalue weighted by molar-refractivity contribution is 6.15. The molecule has 23 rings (SSSR count). The van der Waals surface area contributed by atoms with Crippen molar-refractivity contribution in [2.24, 2.45) is 0 Å². The van der Waals surface area contributed by atoms with Crippen molar-refractivity contribution >= 4 is 131 Å². The number of fused-ring (bicyclic) bond motifs is 18. The zero-order valence-electron chi connectivity index (χ0n) is 58.0. The maximum atomic E-state index is 6.22. The number of nitrogens with zero attached hydrogens (tertiary/aromatic N) is 5. The molecule has 502 valence electrons. The molecule has 0 atom stereocenters. The van der Waals surface area contributed by atoms with Gasteiger partial charge in [-0.15, -0.1) is 0 Å². The van der Waals surface area contributed by atoms with E-state index in [2.05, 4.69) is 335 Å². The predicted molar refractivity (Wildman–Crippen MR) is 445 cm³/mol. The fraction of sp³-hybridized carbons (Fsp3) is 0. The van der Waals surface area contributed by atoms with Crippen LogP contribution in [0.1, 0.15) is 0 Å². The highest BCUT2D eigenvalue weighted by atomic mass is 16.3. The zero-order chi connectivity index (χ0) is 70.7. The first-order valence-corrected chi connectivity index (χ1v) is 36.6. The van der Waals surface area contributed by atoms with Crippen LogP contribution in [0.2, 0.25) is 0 Å². The van der Waals surface area contributed by atoms with Crippen LogP contribution in [0.15, 0.2) is 371 Å². The normalized spacial score (nSPS) is 12.1. The quantitative estimate of drug-likeness (QED) is 0.136. The third-order valence-corrected chi connectivity index (χ3v) is 22.3. The lowest BCUT2D eigenvalue weighted by molar-refractivity contribution is 0.668. The van der Waals surface area contributed by atoms with Crippen LogP contribution in [0.5, 0.6) is 0 Å². The number of benzene rings is 16. The van der Waals surface area contributed by atoms with E-state index in [1.807, 2.05) is 36.4 Å². The van der Waals surface area contributed by atoms with E-state index in [9.17, 15) is 0 Å². The molecule has 7 heterocycles. The standard InChI is InChI=1S/C100H59N5O3/c1-7-19-88-74(13-1)80-53-65(68-38-50-97-83(56-68)77-16-4-10-22-94(77)106-97)35-47-91(80)103(88)71-41-29-61(30-42-71)60-25-27-64(28-26-60)100-101-86(62-31-43-72(44-32-62)104-89-20-8-2-14-75(89)81-54-66(36-48-92(81)104)69-39-51-98-84(57-69)78-17-5-11-23-95(78)107-98)59-87(102-100)63-33-45-73(46-34-63)105-90-21-9-3-15-76(90)82-55-67(37-49-93(82)105)70-40-52-99-85(58-70)79-18-6-12-24-96(79)108-99/h1-59H. The fourth-order valence-electron chi connectivity index (χ4n) is 17.1. The summed E-state index contributed by atoms with van der Waals surface area (Å²) in [4.78, 5) is 10.9. The summed E-state index contributed by atoms with van der Waals surface area (Å²) >= 11 is 0. The van der Waals surface area contributed by atoms with E-state index in [0.29, 0.717) is 5.82 Å². The van der Waals surface area contributed by atoms with E-state index in [1.54, 1.807) is 0 Å². The van der Waals surface area contributed by atoms with Gasteiger partial charge in [-0.05, 0) is 196 Å². The predicted octanol–water partition coefficient (Wildman–Crippen LogP) is 27.1. The Balaban J connectivity index is 0.595. The van der Waals surface area contributed by atoms with Crippen molar-refractivity contribution in [1.29, 1.82) is 0 Å². The van der Waals surface area contributed by atoms with Crippen molar-refractivity contribution in [1.82, 2.24) is 23.7 Å². The Morgan fingerprint density at radius 1 is 0.167 bits per heavy atom. The summed E-state index contributed by atoms with van der Waals surface area (Å²) in [5.41, 5.74) is 29.1. The van der Waals surface area contributed by atoms with Gasteiger partial charge in [0.05, 0.1) is 44.5 Å². The summed E-state index contributed by atoms with van der Waals surface area (Å²) in [6, 6.07) is 129. The Kier molecular flexibility index (Phi) is 13.0. The van der Waals surface area contributed by atoms with Gasteiger partial charge in [-0.2, -0.15) is 0 Å². The molecule has 0 unspecified atom stereocenters. The van der Waals surface area contributed by atoms with Gasteiger partial charge in [0.25, 0.3) is 0 Å². The highest BCUT2D eigenvalue weighted by Crippen LogP contribution is 2.44. The van der Waals surface area contributed by atoms with Crippen LogP contribution in [0.4, 0.5) is 0 Å². The van der Waals surface area contributed by atoms with Crippen LogP contribution in [0.3, 0.4) is 0 Å². The van der Waals surface area contributed by atoms with Gasteiger partial charge in [0.15, 0.2) is 5.82 Å². The zero-order valence-corrected chi connectivity index (χ0v) is 58.0. The lowest BCUT2D eigenvalue weighted by Gasteiger charge is -2.13. The van der Waals surface area contributed by atoms with Gasteiger partial charge < -0.3 is 27.0 Å². The van der Waals surface area contributed by atoms with Crippen LogP contribution >= 0.6 is 0 Å². The van der Waals surface area contributed by atoms with Crippen molar-refractivity contribution in [2.45, 2.75) is 0 Å². The molecule has 0 spiro atoms. The molecule has 23 aromatic rings. The Morgan fingerprint density at radius 2 is 0.407 bits per heavy atom. The van der Waals surface area contributed by atoms with E-state index < -0.39 is 0 Å². The van der Waals surface area contributed by atoms with Crippen LogP contribution in [0.25, 0.3) is 227 Å². The summed E-state index contributed by atoms with van der Waals surface area (Å²) < 4.78 is 25.8. The molecule has 0 fully saturated rings. The average molecular weight is 1380 g/mol. The molecule has 0 N–H and O–H groups in total. The van der Waals surface area contributed by atoms with Crippen LogP contribution in [-0.2, 0) is 0 Å². The molecule has 108 heavy (non-hydrogen) atoms. The molecule has 16 aromatic carbocycles. The van der Waals surface area contributed by atoms with E-state index >= 15 is 0 Å². The van der Waals surface area contributed by atoms with Crippen molar-refractivity contribution in [2.75, 3.05) is 0 Å². The van der Waals surface area contributed by atoms with Gasteiger partial charge in [-0.3, -0.25) is 0 Å². The van der Waals surface area contributed by atoms with E-state index in [4.69, 9.17) is 23.2 Å². The summed E-state index contributed by atoms with van der Waals surface area (Å²) in [6.45, 7) is 0. The molecule has 0 aliphatic rings. The first kappa shape index (κ1) is 59.9. The summed E-state index contributed by atoms with van der Waals surface area (Å²) in [5.74, 6) is 0.638. The minimum Gasteiger partial charge on any atom is -0.456 e. The lowest BCUT2D eigenvalue weighted by Crippen LogP contribution is -1.98. The molecule has 8 heteroatoms. The van der Waals surface area contributed by atoms with Crippen molar-refractivity contribution < 1.29 is 13.3 Å². The van der Waals surface area contributed by atoms with Gasteiger partial charge in [0, 0.05) is 98.4 Å². The molecular formula is C100H59N5O3. The number of rotatable bonds is 10. The highest BCUT2D eigenvalue weighted by Gasteiger charge is 2.21. The second-order valence-corrected chi connectivity index (χ2v) is 28.4. The molecule has 8 nitrogen and oxygen atoms in total. The summed E-state index contributed by atoms with van der Waals surface area (Å²) in [6.07, 6.45) is 0. The number of hydrogen-bond donors (Lipinski definition) is 0. The lowest BCUT2D eigenvalue weighted by atomic mass is 10.0. The minimum absolute atomic E-state index is 0.638. The third-order valence-electron chi connectivity index (χ3n) is 22.3. The van der Waals surface area contributed by atoms with Crippen LogP contribution < -0.4 is 0 Å². The Morgan fingerprint density at radius 3 is 0.750 bits per heavy atom.